The molecule has 0 unspecified atom stereocenters. The van der Waals surface area contributed by atoms with Crippen LogP contribution in [0.25, 0.3) is 66.3 Å². The number of benzene rings is 8. The average Bonchev–Trinajstić information content (AvgIpc) is 3.23. The lowest BCUT2D eigenvalue weighted by Crippen LogP contribution is -2.57. The van der Waals surface area contributed by atoms with Crippen molar-refractivity contribution in [3.63, 3.8) is 0 Å². The van der Waals surface area contributed by atoms with Gasteiger partial charge in [-0.25, -0.2) is 4.79 Å². The maximum atomic E-state index is 15.7. The molecule has 0 spiro atoms. The van der Waals surface area contributed by atoms with Crippen molar-refractivity contribution in [1.29, 1.82) is 0 Å². The van der Waals surface area contributed by atoms with Gasteiger partial charge in [-0.1, -0.05) is 144 Å². The van der Waals surface area contributed by atoms with Crippen LogP contribution in [0, 0.1) is 0 Å². The molecular weight excluding hydrogens is 658 g/mol. The Morgan fingerprint density at radius 1 is 0.370 bits per heavy atom. The molecule has 7 heteroatoms. The molecule has 0 radical (unpaired) electrons. The van der Waals surface area contributed by atoms with Gasteiger partial charge < -0.3 is 9.13 Å². The molecule has 5 nitrogen and oxygen atoms in total. The fourth-order valence-corrected chi connectivity index (χ4v) is 10.3. The average molecular weight is 686 g/mol. The highest BCUT2D eigenvalue weighted by Crippen LogP contribution is 2.39. The zero-order valence-corrected chi connectivity index (χ0v) is 29.0. The van der Waals surface area contributed by atoms with Gasteiger partial charge in [0, 0.05) is 16.8 Å². The van der Waals surface area contributed by atoms with Crippen molar-refractivity contribution in [2.45, 2.75) is 0 Å². The van der Waals surface area contributed by atoms with Crippen LogP contribution in [-0.4, -0.2) is 31.4 Å². The minimum Gasteiger partial charge on any atom is -0.307 e. The van der Waals surface area contributed by atoms with E-state index < -0.39 is 0 Å². The van der Waals surface area contributed by atoms with Gasteiger partial charge in [0.25, 0.3) is 0 Å². The summed E-state index contributed by atoms with van der Waals surface area (Å²) in [5.74, 6) is 0. The Morgan fingerprint density at radius 2 is 0.759 bits per heavy atom. The number of fused-ring (bicyclic) bond motifs is 10. The Labute approximate surface area is 309 Å². The number of nitrogens with zero attached hydrogens (tertiary/aromatic N) is 4. The highest BCUT2D eigenvalue weighted by atomic mass is 16.1. The Kier molecular flexibility index (Phi) is 5.36. The number of hydrogen-bond acceptors (Lipinski definition) is 1. The van der Waals surface area contributed by atoms with Gasteiger partial charge in [-0.2, -0.15) is 0 Å². The van der Waals surface area contributed by atoms with Gasteiger partial charge in [-0.05, 0) is 63.6 Å². The molecule has 5 heterocycles. The lowest BCUT2D eigenvalue weighted by Gasteiger charge is -2.34. The third-order valence-corrected chi connectivity index (χ3v) is 12.2. The van der Waals surface area contributed by atoms with E-state index in [9.17, 15) is 0 Å². The lowest BCUT2D eigenvalue weighted by atomic mass is 9.34. The molecule has 0 atom stereocenters. The van der Waals surface area contributed by atoms with Crippen molar-refractivity contribution in [3.05, 3.63) is 180 Å². The molecule has 248 valence electrons. The molecule has 13 rings (SSSR count). The quantitative estimate of drug-likeness (QED) is 0.136. The number of hydrogen-bond donors (Lipinski definition) is 0. The first-order valence-electron chi connectivity index (χ1n) is 18.7. The van der Waals surface area contributed by atoms with Gasteiger partial charge in [0.1, 0.15) is 0 Å². The van der Waals surface area contributed by atoms with Crippen LogP contribution in [-0.2, 0) is 0 Å². The first-order chi connectivity index (χ1) is 26.8. The molecule has 8 aromatic carbocycles. The van der Waals surface area contributed by atoms with Gasteiger partial charge >= 0.3 is 5.69 Å². The standard InChI is InChI=1S/C47H28B2N4O/c54-47-52-40-25-13-11-23-38(40)50-36-21-9-7-19-32(36)48(30-15-3-1-4-16-30)34-27-29-28-35-44-46(42(29)45(52)43(34)50)53(47)41-26-14-12-24-39(41)51(44)37-22-10-8-20-33(37)49(35)31-17-5-2-6-18-31/h1-28H. The van der Waals surface area contributed by atoms with Gasteiger partial charge in [-0.15, -0.1) is 0 Å². The van der Waals surface area contributed by atoms with E-state index in [1.165, 1.54) is 32.8 Å². The summed E-state index contributed by atoms with van der Waals surface area (Å²) in [5.41, 5.74) is 17.5. The smallest absolute Gasteiger partial charge is 0.307 e. The highest BCUT2D eigenvalue weighted by molar-refractivity contribution is 6.99. The van der Waals surface area contributed by atoms with Crippen LogP contribution in [0.15, 0.2) is 175 Å². The van der Waals surface area contributed by atoms with Crippen LogP contribution in [0.5, 0.6) is 0 Å². The molecule has 3 aromatic heterocycles. The lowest BCUT2D eigenvalue weighted by molar-refractivity contribution is 0.976. The van der Waals surface area contributed by atoms with Gasteiger partial charge in [0.15, 0.2) is 0 Å². The van der Waals surface area contributed by atoms with Crippen LogP contribution in [0.3, 0.4) is 0 Å². The van der Waals surface area contributed by atoms with Crippen LogP contribution in [0.1, 0.15) is 0 Å². The van der Waals surface area contributed by atoms with Crippen LogP contribution in [0.4, 0.5) is 0 Å². The fraction of sp³-hybridized carbons (Fsp3) is 0. The van der Waals surface area contributed by atoms with E-state index in [1.54, 1.807) is 0 Å². The molecule has 0 N–H and O–H groups in total. The third-order valence-electron chi connectivity index (χ3n) is 12.2. The SMILES string of the molecule is O=c1n2c3ccccc3n3c4c(cc5cc6c7c(c5c42)n1c1ccccc1n7-c1ccccc1B6c1ccccc1)B(c1ccccc1)c1ccccc1-3. The van der Waals surface area contributed by atoms with E-state index in [-0.39, 0.29) is 19.1 Å². The van der Waals surface area contributed by atoms with Gasteiger partial charge in [-0.3, -0.25) is 8.80 Å². The minimum absolute atomic E-state index is 0.0233. The molecule has 54 heavy (non-hydrogen) atoms. The summed E-state index contributed by atoms with van der Waals surface area (Å²) in [6, 6.07) is 61.0. The van der Waals surface area contributed by atoms with Crippen molar-refractivity contribution in [1.82, 2.24) is 17.9 Å². The molecule has 2 aliphatic heterocycles. The summed E-state index contributed by atoms with van der Waals surface area (Å²) >= 11 is 0. The molecule has 0 saturated carbocycles. The Morgan fingerprint density at radius 3 is 1.22 bits per heavy atom. The summed E-state index contributed by atoms with van der Waals surface area (Å²) in [5, 5.41) is 2.24. The van der Waals surface area contributed by atoms with Crippen molar-refractivity contribution in [2.75, 3.05) is 0 Å². The van der Waals surface area contributed by atoms with E-state index >= 15 is 4.79 Å². The first kappa shape index (κ1) is 28.6. The third kappa shape index (κ3) is 3.36. The maximum absolute atomic E-state index is 15.7. The van der Waals surface area contributed by atoms with Crippen molar-refractivity contribution >= 4 is 101 Å². The summed E-state index contributed by atoms with van der Waals surface area (Å²) in [4.78, 5) is 15.7. The second-order valence-electron chi connectivity index (χ2n) is 14.8. The molecule has 11 aromatic rings. The largest absolute Gasteiger partial charge is 0.338 e. The topological polar surface area (TPSA) is 35.8 Å². The molecule has 0 fully saturated rings. The summed E-state index contributed by atoms with van der Waals surface area (Å²) in [6.07, 6.45) is 0. The summed E-state index contributed by atoms with van der Waals surface area (Å²) < 4.78 is 8.88. The summed E-state index contributed by atoms with van der Waals surface area (Å²) in [7, 11) is 0. The first-order valence-corrected chi connectivity index (χ1v) is 18.7. The molecule has 0 aliphatic carbocycles. The number of para-hydroxylation sites is 6. The predicted octanol–water partition coefficient (Wildman–Crippen LogP) is 5.41. The minimum atomic E-state index is -0.0601. The van der Waals surface area contributed by atoms with Crippen molar-refractivity contribution in [3.8, 4) is 11.4 Å². The second-order valence-corrected chi connectivity index (χ2v) is 14.8. The Hall–Kier alpha value is -6.98. The monoisotopic (exact) mass is 686 g/mol. The van der Waals surface area contributed by atoms with E-state index in [1.807, 2.05) is 8.80 Å². The van der Waals surface area contributed by atoms with Gasteiger partial charge in [0.05, 0.1) is 44.1 Å². The van der Waals surface area contributed by atoms with Gasteiger partial charge in [0.2, 0.25) is 13.4 Å². The van der Waals surface area contributed by atoms with Crippen LogP contribution in [0.2, 0.25) is 0 Å². The van der Waals surface area contributed by atoms with Crippen molar-refractivity contribution < 1.29 is 0 Å². The zero-order valence-electron chi connectivity index (χ0n) is 29.0. The molecule has 0 amide bonds. The maximum Gasteiger partial charge on any atom is 0.338 e. The van der Waals surface area contributed by atoms with Crippen LogP contribution < -0.4 is 38.5 Å². The highest BCUT2D eigenvalue weighted by Gasteiger charge is 2.38. The number of aromatic nitrogens is 4. The molecule has 0 saturated heterocycles. The predicted molar refractivity (Wildman–Crippen MR) is 225 cm³/mol. The molecular formula is C47H28B2N4O. The Bertz CT molecular complexity index is 3260. The van der Waals surface area contributed by atoms with E-state index in [2.05, 4.69) is 179 Å². The summed E-state index contributed by atoms with van der Waals surface area (Å²) in [6.45, 7) is -0.0467. The normalized spacial score (nSPS) is 13.2. The second kappa shape index (κ2) is 10.1. The van der Waals surface area contributed by atoms with Crippen molar-refractivity contribution in [2.24, 2.45) is 0 Å². The molecule has 2 aliphatic rings. The van der Waals surface area contributed by atoms with Crippen LogP contribution >= 0.6 is 0 Å². The van der Waals surface area contributed by atoms with E-state index in [0.29, 0.717) is 0 Å². The molecule has 0 bridgehead atoms. The fourth-order valence-electron chi connectivity index (χ4n) is 10.3. The zero-order chi connectivity index (χ0) is 35.2. The Balaban J connectivity index is 1.36. The van der Waals surface area contributed by atoms with E-state index in [4.69, 9.17) is 0 Å². The number of rotatable bonds is 2. The van der Waals surface area contributed by atoms with E-state index in [0.717, 1.165) is 66.3 Å².